The van der Waals surface area contributed by atoms with Crippen LogP contribution in [0.4, 0.5) is 4.79 Å². The summed E-state index contributed by atoms with van der Waals surface area (Å²) in [7, 11) is 1.59. The molecule has 1 rings (SSSR count). The fourth-order valence-corrected chi connectivity index (χ4v) is 1.30. The third-order valence-corrected chi connectivity index (χ3v) is 2.08. The predicted molar refractivity (Wildman–Crippen MR) is 62.7 cm³/mol. The van der Waals surface area contributed by atoms with Crippen molar-refractivity contribution < 1.29 is 9.53 Å². The predicted octanol–water partition coefficient (Wildman–Crippen LogP) is 1.40. The molecule has 5 nitrogen and oxygen atoms in total. The van der Waals surface area contributed by atoms with Crippen molar-refractivity contribution in [3.63, 3.8) is 0 Å². The van der Waals surface area contributed by atoms with Crippen LogP contribution in [0.15, 0.2) is 23.3 Å². The third kappa shape index (κ3) is 2.98. The summed E-state index contributed by atoms with van der Waals surface area (Å²) in [6.45, 7) is 3.74. The second kappa shape index (κ2) is 5.16. The number of carbonyl (C=O) groups excluding carboxylic acids is 1. The number of methoxy groups -OCH3 is 1. The second-order valence-corrected chi connectivity index (χ2v) is 3.38. The number of urea groups is 1. The van der Waals surface area contributed by atoms with E-state index in [4.69, 9.17) is 10.5 Å². The molecule has 0 saturated heterocycles. The van der Waals surface area contributed by atoms with E-state index in [0.29, 0.717) is 11.5 Å². The molecule has 1 aromatic rings. The van der Waals surface area contributed by atoms with Gasteiger partial charge in [-0.2, -0.15) is 5.10 Å². The van der Waals surface area contributed by atoms with E-state index >= 15 is 0 Å². The maximum atomic E-state index is 10.5. The van der Waals surface area contributed by atoms with Crippen LogP contribution >= 0.6 is 0 Å². The Bertz CT molecular complexity index is 427. The zero-order valence-electron chi connectivity index (χ0n) is 9.57. The lowest BCUT2D eigenvalue weighted by molar-refractivity contribution is 0.249. The molecule has 2 amide bonds. The molecule has 0 aliphatic carbocycles. The van der Waals surface area contributed by atoms with Gasteiger partial charge in [-0.3, -0.25) is 0 Å². The molecule has 0 spiro atoms. The van der Waals surface area contributed by atoms with Crippen molar-refractivity contribution in [1.82, 2.24) is 5.43 Å². The van der Waals surface area contributed by atoms with Crippen molar-refractivity contribution in [3.8, 4) is 5.75 Å². The van der Waals surface area contributed by atoms with Gasteiger partial charge in [0.2, 0.25) is 0 Å². The highest BCUT2D eigenvalue weighted by atomic mass is 16.5. The minimum absolute atomic E-state index is 0.635. The normalized spacial score (nSPS) is 11.1. The quantitative estimate of drug-likeness (QED) is 0.597. The van der Waals surface area contributed by atoms with E-state index in [1.165, 1.54) is 0 Å². The van der Waals surface area contributed by atoms with Crippen molar-refractivity contribution in [3.05, 3.63) is 29.3 Å². The Labute approximate surface area is 94.3 Å². The minimum Gasteiger partial charge on any atom is -0.496 e. The molecule has 0 heterocycles. The molecular formula is C11H15N3O2. The molecule has 0 aromatic heterocycles. The van der Waals surface area contributed by atoms with Gasteiger partial charge in [0.1, 0.15) is 5.75 Å². The topological polar surface area (TPSA) is 76.7 Å². The van der Waals surface area contributed by atoms with Crippen molar-refractivity contribution in [1.29, 1.82) is 0 Å². The molecule has 0 aliphatic heterocycles. The number of benzene rings is 1. The van der Waals surface area contributed by atoms with Crippen LogP contribution in [0.1, 0.15) is 18.1 Å². The van der Waals surface area contributed by atoms with Crippen LogP contribution in [0.5, 0.6) is 5.75 Å². The number of nitrogens with zero attached hydrogens (tertiary/aromatic N) is 1. The van der Waals surface area contributed by atoms with E-state index in [9.17, 15) is 4.79 Å². The lowest BCUT2D eigenvalue weighted by Crippen LogP contribution is -2.25. The number of nitrogens with two attached hydrogens (primary N) is 1. The Morgan fingerprint density at radius 2 is 2.19 bits per heavy atom. The summed E-state index contributed by atoms with van der Waals surface area (Å²) >= 11 is 0. The number of nitrogens with one attached hydrogen (secondary N) is 1. The summed E-state index contributed by atoms with van der Waals surface area (Å²) in [5.74, 6) is 0.715. The van der Waals surface area contributed by atoms with Crippen molar-refractivity contribution in [2.75, 3.05) is 7.11 Å². The van der Waals surface area contributed by atoms with Gasteiger partial charge in [-0.15, -0.1) is 0 Å². The van der Waals surface area contributed by atoms with E-state index in [2.05, 4.69) is 10.5 Å². The van der Waals surface area contributed by atoms with E-state index in [0.717, 1.165) is 11.1 Å². The maximum absolute atomic E-state index is 10.5. The van der Waals surface area contributed by atoms with Gasteiger partial charge in [0.05, 0.1) is 12.8 Å². The lowest BCUT2D eigenvalue weighted by Gasteiger charge is -2.08. The SMILES string of the molecule is COc1cc(C)ccc1/C(C)=N/NC(N)=O. The van der Waals surface area contributed by atoms with E-state index < -0.39 is 6.03 Å². The first kappa shape index (κ1) is 12.0. The average molecular weight is 221 g/mol. The van der Waals surface area contributed by atoms with Gasteiger partial charge >= 0.3 is 6.03 Å². The zero-order valence-corrected chi connectivity index (χ0v) is 9.57. The molecule has 0 bridgehead atoms. The summed E-state index contributed by atoms with van der Waals surface area (Å²) < 4.78 is 5.23. The van der Waals surface area contributed by atoms with Crippen LogP contribution in [-0.2, 0) is 0 Å². The van der Waals surface area contributed by atoms with Crippen LogP contribution in [0.25, 0.3) is 0 Å². The molecule has 0 unspecified atom stereocenters. The number of aryl methyl sites for hydroxylation is 1. The Kier molecular flexibility index (Phi) is 3.88. The van der Waals surface area contributed by atoms with Crippen molar-refractivity contribution in [2.45, 2.75) is 13.8 Å². The summed E-state index contributed by atoms with van der Waals surface area (Å²) in [6, 6.07) is 5.04. The summed E-state index contributed by atoms with van der Waals surface area (Å²) in [6.07, 6.45) is 0. The zero-order chi connectivity index (χ0) is 12.1. The number of hydrazone groups is 1. The van der Waals surface area contributed by atoms with E-state index in [1.807, 2.05) is 25.1 Å². The molecular weight excluding hydrogens is 206 g/mol. The van der Waals surface area contributed by atoms with Crippen LogP contribution in [0.2, 0.25) is 0 Å². The number of rotatable bonds is 3. The Morgan fingerprint density at radius 3 is 2.75 bits per heavy atom. The molecule has 0 saturated carbocycles. The van der Waals surface area contributed by atoms with Crippen LogP contribution in [-0.4, -0.2) is 18.9 Å². The van der Waals surface area contributed by atoms with Crippen LogP contribution in [0.3, 0.4) is 0 Å². The summed E-state index contributed by atoms with van der Waals surface area (Å²) in [4.78, 5) is 10.5. The first-order chi connectivity index (χ1) is 7.54. The van der Waals surface area contributed by atoms with Crippen molar-refractivity contribution >= 4 is 11.7 Å². The van der Waals surface area contributed by atoms with Crippen LogP contribution in [0, 0.1) is 6.92 Å². The summed E-state index contributed by atoms with van der Waals surface area (Å²) in [5.41, 5.74) is 9.66. The minimum atomic E-state index is -0.689. The molecule has 86 valence electrons. The van der Waals surface area contributed by atoms with E-state index in [-0.39, 0.29) is 0 Å². The number of carbonyl (C=O) groups is 1. The Hall–Kier alpha value is -2.04. The van der Waals surface area contributed by atoms with Crippen molar-refractivity contribution in [2.24, 2.45) is 10.8 Å². The number of amides is 2. The highest BCUT2D eigenvalue weighted by molar-refractivity contribution is 6.01. The standard InChI is InChI=1S/C11H15N3O2/c1-7-4-5-9(10(6-7)16-3)8(2)13-14-11(12)15/h4-6H,1-3H3,(H3,12,14,15)/b13-8+. The van der Waals surface area contributed by atoms with Gasteiger partial charge in [0, 0.05) is 5.56 Å². The van der Waals surface area contributed by atoms with Gasteiger partial charge in [-0.1, -0.05) is 6.07 Å². The molecule has 1 aromatic carbocycles. The van der Waals surface area contributed by atoms with Gasteiger partial charge in [0.25, 0.3) is 0 Å². The fourth-order valence-electron chi connectivity index (χ4n) is 1.30. The maximum Gasteiger partial charge on any atom is 0.332 e. The molecule has 0 aliphatic rings. The molecule has 5 heteroatoms. The monoisotopic (exact) mass is 221 g/mol. The van der Waals surface area contributed by atoms with Gasteiger partial charge in [-0.25, -0.2) is 10.2 Å². The molecule has 0 fully saturated rings. The molecule has 16 heavy (non-hydrogen) atoms. The lowest BCUT2D eigenvalue weighted by atomic mass is 10.1. The fraction of sp³-hybridized carbons (Fsp3) is 0.273. The summed E-state index contributed by atoms with van der Waals surface area (Å²) in [5, 5.41) is 3.84. The van der Waals surface area contributed by atoms with Gasteiger partial charge in [-0.05, 0) is 31.5 Å². The number of hydrogen-bond acceptors (Lipinski definition) is 3. The third-order valence-electron chi connectivity index (χ3n) is 2.08. The molecule has 0 atom stereocenters. The van der Waals surface area contributed by atoms with Gasteiger partial charge < -0.3 is 10.5 Å². The first-order valence-corrected chi connectivity index (χ1v) is 4.79. The smallest absolute Gasteiger partial charge is 0.332 e. The average Bonchev–Trinajstić information content (AvgIpc) is 2.25. The molecule has 3 N–H and O–H groups in total. The van der Waals surface area contributed by atoms with E-state index in [1.54, 1.807) is 14.0 Å². The molecule has 0 radical (unpaired) electrons. The number of hydrogen-bond donors (Lipinski definition) is 2. The Balaban J connectivity index is 3.03. The Morgan fingerprint density at radius 1 is 1.50 bits per heavy atom. The highest BCUT2D eigenvalue weighted by Gasteiger charge is 2.06. The largest absolute Gasteiger partial charge is 0.496 e. The number of primary amides is 1. The van der Waals surface area contributed by atoms with Gasteiger partial charge in [0.15, 0.2) is 0 Å². The highest BCUT2D eigenvalue weighted by Crippen LogP contribution is 2.20. The van der Waals surface area contributed by atoms with Crippen LogP contribution < -0.4 is 15.9 Å². The first-order valence-electron chi connectivity index (χ1n) is 4.79. The number of ether oxygens (including phenoxy) is 1. The second-order valence-electron chi connectivity index (χ2n) is 3.38.